The number of carbonyl (C=O) groups excluding carboxylic acids is 2. The van der Waals surface area contributed by atoms with Gasteiger partial charge >= 0.3 is 6.18 Å². The molecular weight excluding hydrogens is 650 g/mol. The normalized spacial score (nSPS) is 12.6. The van der Waals surface area contributed by atoms with Crippen LogP contribution < -0.4 is 9.62 Å². The average molecular weight is 679 g/mol. The van der Waals surface area contributed by atoms with Gasteiger partial charge in [-0.3, -0.25) is 13.9 Å². The second-order valence-electron chi connectivity index (χ2n) is 10.1. The second-order valence-corrected chi connectivity index (χ2v) is 13.2. The molecule has 7 nitrogen and oxygen atoms in total. The lowest BCUT2D eigenvalue weighted by Crippen LogP contribution is -2.51. The summed E-state index contributed by atoms with van der Waals surface area (Å²) in [5.74, 6) is -1.26. The van der Waals surface area contributed by atoms with E-state index in [1.54, 1.807) is 12.1 Å². The molecule has 0 fully saturated rings. The molecule has 2 amide bonds. The van der Waals surface area contributed by atoms with Crippen LogP contribution in [0.4, 0.5) is 18.9 Å². The van der Waals surface area contributed by atoms with E-state index in [0.717, 1.165) is 17.0 Å². The fourth-order valence-electron chi connectivity index (χ4n) is 4.00. The Morgan fingerprint density at radius 1 is 0.884 bits per heavy atom. The van der Waals surface area contributed by atoms with Crippen LogP contribution in [0.25, 0.3) is 0 Å². The van der Waals surface area contributed by atoms with Gasteiger partial charge in [-0.2, -0.15) is 13.2 Å². The molecule has 3 aromatic carbocycles. The molecule has 14 heteroatoms. The van der Waals surface area contributed by atoms with Crippen LogP contribution in [0, 0.1) is 5.92 Å². The monoisotopic (exact) mass is 677 g/mol. The van der Waals surface area contributed by atoms with Gasteiger partial charge in [0.25, 0.3) is 10.0 Å². The van der Waals surface area contributed by atoms with Crippen molar-refractivity contribution < 1.29 is 31.2 Å². The molecule has 0 unspecified atom stereocenters. The topological polar surface area (TPSA) is 86.8 Å². The predicted octanol–water partition coefficient (Wildman–Crippen LogP) is 7.05. The Hall–Kier alpha value is -2.99. The summed E-state index contributed by atoms with van der Waals surface area (Å²) in [6.45, 7) is 4.44. The summed E-state index contributed by atoms with van der Waals surface area (Å²) in [6.07, 6.45) is -4.90. The van der Waals surface area contributed by atoms with Crippen molar-refractivity contribution in [3.05, 3.63) is 92.9 Å². The summed E-state index contributed by atoms with van der Waals surface area (Å²) < 4.78 is 69.4. The Labute approximate surface area is 263 Å². The van der Waals surface area contributed by atoms with Crippen molar-refractivity contribution in [3.63, 3.8) is 0 Å². The average Bonchev–Trinajstić information content (AvgIpc) is 2.94. The third kappa shape index (κ3) is 8.78. The van der Waals surface area contributed by atoms with Crippen molar-refractivity contribution in [3.8, 4) is 0 Å². The smallest absolute Gasteiger partial charge is 0.354 e. The van der Waals surface area contributed by atoms with Gasteiger partial charge in [-0.25, -0.2) is 8.42 Å². The largest absolute Gasteiger partial charge is 0.417 e. The molecule has 3 rings (SSSR count). The van der Waals surface area contributed by atoms with Crippen molar-refractivity contribution in [2.75, 3.05) is 17.4 Å². The second kappa shape index (κ2) is 14.2. The van der Waals surface area contributed by atoms with E-state index in [2.05, 4.69) is 5.32 Å². The first kappa shape index (κ1) is 34.5. The summed E-state index contributed by atoms with van der Waals surface area (Å²) >= 11 is 18.0. The summed E-state index contributed by atoms with van der Waals surface area (Å²) in [7, 11) is -4.57. The quantitative estimate of drug-likeness (QED) is 0.236. The minimum Gasteiger partial charge on any atom is -0.354 e. The maximum absolute atomic E-state index is 13.9. The number of hydrogen-bond donors (Lipinski definition) is 1. The van der Waals surface area contributed by atoms with E-state index in [1.807, 2.05) is 13.8 Å². The molecule has 0 aliphatic carbocycles. The molecule has 0 saturated carbocycles. The van der Waals surface area contributed by atoms with Crippen LogP contribution in [0.15, 0.2) is 71.6 Å². The predicted molar refractivity (Wildman–Crippen MR) is 162 cm³/mol. The van der Waals surface area contributed by atoms with Gasteiger partial charge < -0.3 is 10.2 Å². The zero-order valence-corrected chi connectivity index (χ0v) is 26.4. The highest BCUT2D eigenvalue weighted by Crippen LogP contribution is 2.38. The highest BCUT2D eigenvalue weighted by Gasteiger charge is 2.37. The molecule has 0 bridgehead atoms. The Balaban J connectivity index is 2.10. The number of nitrogens with one attached hydrogen (secondary N) is 1. The lowest BCUT2D eigenvalue weighted by molar-refractivity contribution is -0.139. The van der Waals surface area contributed by atoms with E-state index in [0.29, 0.717) is 22.5 Å². The number of rotatable bonds is 11. The summed E-state index contributed by atoms with van der Waals surface area (Å²) in [5, 5.41) is 2.55. The van der Waals surface area contributed by atoms with Crippen LogP contribution in [-0.4, -0.2) is 44.3 Å². The lowest BCUT2D eigenvalue weighted by Gasteiger charge is -2.32. The van der Waals surface area contributed by atoms with Gasteiger partial charge in [0.2, 0.25) is 11.8 Å². The van der Waals surface area contributed by atoms with Crippen LogP contribution >= 0.6 is 34.8 Å². The molecule has 0 aliphatic heterocycles. The van der Waals surface area contributed by atoms with Crippen LogP contribution in [-0.2, 0) is 32.3 Å². The molecular formula is C29H29Cl3F3N3O4S. The molecule has 43 heavy (non-hydrogen) atoms. The third-order valence-electron chi connectivity index (χ3n) is 6.34. The molecule has 0 aliphatic rings. The number of alkyl halides is 3. The van der Waals surface area contributed by atoms with Crippen molar-refractivity contribution >= 4 is 62.3 Å². The van der Waals surface area contributed by atoms with Gasteiger partial charge in [0.05, 0.1) is 31.2 Å². The van der Waals surface area contributed by atoms with E-state index in [9.17, 15) is 31.2 Å². The maximum Gasteiger partial charge on any atom is 0.417 e. The number of hydrogen-bond acceptors (Lipinski definition) is 4. The molecule has 0 spiro atoms. The Kier molecular flexibility index (Phi) is 11.4. The molecule has 0 aromatic heterocycles. The van der Waals surface area contributed by atoms with E-state index in [4.69, 9.17) is 34.8 Å². The van der Waals surface area contributed by atoms with Gasteiger partial charge in [0.15, 0.2) is 0 Å². The summed E-state index contributed by atoms with van der Waals surface area (Å²) in [4.78, 5) is 27.8. The first-order valence-corrected chi connectivity index (χ1v) is 15.6. The standard InChI is InChI=1S/C29H29Cl3F3N3O4S/c1-18(2)15-36-28(40)19(3)37(16-20-9-11-25(31)26(32)13-20)27(39)17-38(43(41,42)22-7-5-4-6-8-22)21-10-12-24(30)23(14-21)29(33,34)35/h4-14,18-19H,15-17H2,1-3H3,(H,36,40)/t19-/m0/s1. The van der Waals surface area contributed by atoms with Crippen LogP contribution in [0.1, 0.15) is 31.9 Å². The Morgan fingerprint density at radius 3 is 2.09 bits per heavy atom. The summed E-state index contributed by atoms with van der Waals surface area (Å²) in [6, 6.07) is 13.0. The fourth-order valence-corrected chi connectivity index (χ4v) is 5.98. The van der Waals surface area contributed by atoms with Gasteiger partial charge in [0.1, 0.15) is 12.6 Å². The maximum atomic E-state index is 13.9. The summed E-state index contributed by atoms with van der Waals surface area (Å²) in [5.41, 5.74) is -1.24. The van der Waals surface area contributed by atoms with Crippen LogP contribution in [0.2, 0.25) is 15.1 Å². The highest BCUT2D eigenvalue weighted by atomic mass is 35.5. The Morgan fingerprint density at radius 2 is 1.51 bits per heavy atom. The number of nitrogens with zero attached hydrogens (tertiary/aromatic N) is 2. The number of benzene rings is 3. The fraction of sp³-hybridized carbons (Fsp3) is 0.310. The van der Waals surface area contributed by atoms with Crippen molar-refractivity contribution in [1.82, 2.24) is 10.2 Å². The lowest BCUT2D eigenvalue weighted by atomic mass is 10.1. The zero-order valence-electron chi connectivity index (χ0n) is 23.3. The minimum absolute atomic E-state index is 0.106. The van der Waals surface area contributed by atoms with Gasteiger partial charge in [-0.05, 0) is 60.9 Å². The number of sulfonamides is 1. The number of halogens is 6. The SMILES string of the molecule is CC(C)CNC(=O)[C@H](C)N(Cc1ccc(Cl)c(Cl)c1)C(=O)CN(c1ccc(Cl)c(C(F)(F)F)c1)S(=O)(=O)c1ccccc1. The number of anilines is 1. The number of amides is 2. The first-order chi connectivity index (χ1) is 20.0. The van der Waals surface area contributed by atoms with Crippen LogP contribution in [0.5, 0.6) is 0 Å². The zero-order chi connectivity index (χ0) is 32.1. The Bertz CT molecular complexity index is 1570. The van der Waals surface area contributed by atoms with Gasteiger partial charge in [-0.15, -0.1) is 0 Å². The van der Waals surface area contributed by atoms with E-state index in [1.165, 1.54) is 43.3 Å². The first-order valence-electron chi connectivity index (χ1n) is 13.0. The van der Waals surface area contributed by atoms with E-state index < -0.39 is 56.9 Å². The van der Waals surface area contributed by atoms with E-state index >= 15 is 0 Å². The van der Waals surface area contributed by atoms with Gasteiger partial charge in [-0.1, -0.05) is 72.9 Å². The van der Waals surface area contributed by atoms with Gasteiger partial charge in [0, 0.05) is 13.1 Å². The molecule has 1 atom stereocenters. The third-order valence-corrected chi connectivity index (χ3v) is 9.20. The molecule has 1 N–H and O–H groups in total. The molecule has 232 valence electrons. The molecule has 0 heterocycles. The van der Waals surface area contributed by atoms with Crippen molar-refractivity contribution in [2.45, 2.75) is 44.4 Å². The minimum atomic E-state index is -4.90. The van der Waals surface area contributed by atoms with Crippen LogP contribution in [0.3, 0.4) is 0 Å². The number of carbonyl (C=O) groups is 2. The highest BCUT2D eigenvalue weighted by molar-refractivity contribution is 7.92. The van der Waals surface area contributed by atoms with Crippen molar-refractivity contribution in [1.29, 1.82) is 0 Å². The molecule has 0 radical (unpaired) electrons. The molecule has 0 saturated heterocycles. The van der Waals surface area contributed by atoms with Crippen molar-refractivity contribution in [2.24, 2.45) is 5.92 Å². The molecule has 3 aromatic rings. The van der Waals surface area contributed by atoms with E-state index in [-0.39, 0.29) is 27.4 Å².